The van der Waals surface area contributed by atoms with Gasteiger partial charge in [0.25, 0.3) is 0 Å². The maximum absolute atomic E-state index is 5.63. The van der Waals surface area contributed by atoms with Crippen molar-refractivity contribution in [3.8, 4) is 22.9 Å². The molecular formula is C13H21BO4. The van der Waals surface area contributed by atoms with Gasteiger partial charge in [0.2, 0.25) is 0 Å². The average Bonchev–Trinajstić information content (AvgIpc) is 2.37. The molecule has 0 spiro atoms. The molecular weight excluding hydrogens is 231 g/mol. The SMILES string of the molecule is CCOc1bcc(OCC)c(OCC)c1OCC. The van der Waals surface area contributed by atoms with Crippen molar-refractivity contribution in [1.29, 1.82) is 0 Å². The molecule has 0 aromatic carbocycles. The van der Waals surface area contributed by atoms with Gasteiger partial charge in [-0.3, -0.25) is 0 Å². The summed E-state index contributed by atoms with van der Waals surface area (Å²) >= 11 is 0. The summed E-state index contributed by atoms with van der Waals surface area (Å²) < 4.78 is 22.4. The molecule has 0 fully saturated rings. The molecule has 0 bridgehead atoms. The van der Waals surface area contributed by atoms with Crippen molar-refractivity contribution >= 4 is 6.91 Å². The predicted molar refractivity (Wildman–Crippen MR) is 72.5 cm³/mol. The Bertz CT molecular complexity index is 333. The van der Waals surface area contributed by atoms with E-state index in [0.717, 1.165) is 0 Å². The Morgan fingerprint density at radius 2 is 1.33 bits per heavy atom. The molecule has 1 heterocycles. The molecule has 100 valence electrons. The molecule has 0 saturated heterocycles. The molecule has 0 saturated carbocycles. The van der Waals surface area contributed by atoms with E-state index in [1.165, 1.54) is 0 Å². The van der Waals surface area contributed by atoms with E-state index in [0.29, 0.717) is 49.3 Å². The van der Waals surface area contributed by atoms with Gasteiger partial charge >= 0.3 is 109 Å². The van der Waals surface area contributed by atoms with Gasteiger partial charge in [-0.15, -0.1) is 0 Å². The zero-order valence-corrected chi connectivity index (χ0v) is 11.6. The molecule has 0 N–H and O–H groups in total. The van der Waals surface area contributed by atoms with E-state index >= 15 is 0 Å². The fourth-order valence-electron chi connectivity index (χ4n) is 1.63. The summed E-state index contributed by atoms with van der Waals surface area (Å²) in [7, 11) is 0. The van der Waals surface area contributed by atoms with E-state index in [4.69, 9.17) is 18.9 Å². The van der Waals surface area contributed by atoms with Gasteiger partial charge in [-0.05, 0) is 0 Å². The molecule has 1 aromatic rings. The van der Waals surface area contributed by atoms with Crippen LogP contribution < -0.4 is 18.9 Å². The van der Waals surface area contributed by atoms with Crippen molar-refractivity contribution in [2.45, 2.75) is 27.7 Å². The molecule has 0 atom stereocenters. The monoisotopic (exact) mass is 252 g/mol. The van der Waals surface area contributed by atoms with Crippen LogP contribution in [-0.2, 0) is 0 Å². The summed E-state index contributed by atoms with van der Waals surface area (Å²) in [6.07, 6.45) is 0. The Morgan fingerprint density at radius 3 is 1.89 bits per heavy atom. The van der Waals surface area contributed by atoms with Crippen LogP contribution in [0.25, 0.3) is 0 Å². The maximum atomic E-state index is 5.63. The van der Waals surface area contributed by atoms with Crippen LogP contribution in [-0.4, -0.2) is 33.3 Å². The van der Waals surface area contributed by atoms with Crippen molar-refractivity contribution in [2.75, 3.05) is 26.4 Å². The third-order valence-corrected chi connectivity index (χ3v) is 2.22. The molecule has 5 heteroatoms. The molecule has 0 aliphatic rings. The number of hydrogen-bond donors (Lipinski definition) is 0. The molecule has 1 aromatic heterocycles. The molecule has 0 amide bonds. The Balaban J connectivity index is 3.19. The molecule has 4 nitrogen and oxygen atoms in total. The van der Waals surface area contributed by atoms with Crippen LogP contribution in [0.1, 0.15) is 27.7 Å². The van der Waals surface area contributed by atoms with Crippen molar-refractivity contribution in [2.24, 2.45) is 0 Å². The fraction of sp³-hybridized carbons (Fsp3) is 0.615. The van der Waals surface area contributed by atoms with E-state index in [9.17, 15) is 0 Å². The second kappa shape index (κ2) is 7.85. The topological polar surface area (TPSA) is 36.9 Å². The van der Waals surface area contributed by atoms with Gasteiger partial charge in [0.1, 0.15) is 0 Å². The van der Waals surface area contributed by atoms with Crippen LogP contribution in [0.3, 0.4) is 0 Å². The molecule has 0 radical (unpaired) electrons. The van der Waals surface area contributed by atoms with Crippen LogP contribution in [0.5, 0.6) is 22.9 Å². The first-order valence-corrected chi connectivity index (χ1v) is 6.46. The number of rotatable bonds is 8. The molecule has 0 aliphatic carbocycles. The van der Waals surface area contributed by atoms with Gasteiger partial charge < -0.3 is 0 Å². The van der Waals surface area contributed by atoms with Gasteiger partial charge in [-0.25, -0.2) is 0 Å². The summed E-state index contributed by atoms with van der Waals surface area (Å²) in [6, 6.07) is 0. The van der Waals surface area contributed by atoms with E-state index in [1.54, 1.807) is 0 Å². The molecule has 0 aliphatic heterocycles. The Morgan fingerprint density at radius 1 is 0.778 bits per heavy atom. The zero-order chi connectivity index (χ0) is 13.4. The van der Waals surface area contributed by atoms with E-state index in [2.05, 4.69) is 0 Å². The van der Waals surface area contributed by atoms with Crippen molar-refractivity contribution in [3.05, 3.63) is 5.96 Å². The van der Waals surface area contributed by atoms with E-state index < -0.39 is 0 Å². The second-order valence-corrected chi connectivity index (χ2v) is 3.45. The quantitative estimate of drug-likeness (QED) is 0.712. The normalized spacial score (nSPS) is 9.78. The average molecular weight is 252 g/mol. The summed E-state index contributed by atoms with van der Waals surface area (Å²) in [6.45, 7) is 11.9. The van der Waals surface area contributed by atoms with E-state index in [-0.39, 0.29) is 0 Å². The molecule has 18 heavy (non-hydrogen) atoms. The number of hydrogen-bond acceptors (Lipinski definition) is 4. The Kier molecular flexibility index (Phi) is 6.40. The minimum absolute atomic E-state index is 0.551. The summed E-state index contributed by atoms with van der Waals surface area (Å²) in [5.41, 5.74) is 0.686. The number of ether oxygens (including phenoxy) is 4. The second-order valence-electron chi connectivity index (χ2n) is 3.45. The molecule has 0 unspecified atom stereocenters. The Hall–Kier alpha value is -1.39. The fourth-order valence-corrected chi connectivity index (χ4v) is 1.63. The van der Waals surface area contributed by atoms with Gasteiger partial charge in [-0.1, -0.05) is 0 Å². The van der Waals surface area contributed by atoms with Crippen molar-refractivity contribution in [3.63, 3.8) is 0 Å². The first kappa shape index (κ1) is 14.7. The first-order chi connectivity index (χ1) is 8.78. The van der Waals surface area contributed by atoms with Gasteiger partial charge in [-0.2, -0.15) is 0 Å². The third kappa shape index (κ3) is 3.55. The first-order valence-electron chi connectivity index (χ1n) is 6.46. The van der Waals surface area contributed by atoms with Crippen LogP contribution >= 0.6 is 0 Å². The predicted octanol–water partition coefficient (Wildman–Crippen LogP) is 2.62. The Labute approximate surface area is 109 Å². The minimum atomic E-state index is 0.551. The van der Waals surface area contributed by atoms with Crippen LogP contribution in [0.15, 0.2) is 5.96 Å². The summed E-state index contributed by atoms with van der Waals surface area (Å²) in [5, 5.41) is 0. The van der Waals surface area contributed by atoms with Crippen LogP contribution in [0, 0.1) is 0 Å². The molecule has 1 rings (SSSR count). The van der Waals surface area contributed by atoms with Gasteiger partial charge in [0.05, 0.1) is 0 Å². The van der Waals surface area contributed by atoms with Crippen molar-refractivity contribution < 1.29 is 18.9 Å². The van der Waals surface area contributed by atoms with Crippen LogP contribution in [0.4, 0.5) is 0 Å². The summed E-state index contributed by atoms with van der Waals surface area (Å²) in [5.74, 6) is 3.77. The van der Waals surface area contributed by atoms with Gasteiger partial charge in [0.15, 0.2) is 0 Å². The zero-order valence-electron chi connectivity index (χ0n) is 11.6. The summed E-state index contributed by atoms with van der Waals surface area (Å²) in [4.78, 5) is 0. The van der Waals surface area contributed by atoms with E-state index in [1.807, 2.05) is 40.6 Å². The standard InChI is InChI=1S/C13H21BO4/c1-5-15-10-9-14-13(18-8-4)12(17-7-3)11(10)16-6-2/h9H,5-8H2,1-4H3. The van der Waals surface area contributed by atoms with Gasteiger partial charge in [0, 0.05) is 0 Å². The third-order valence-electron chi connectivity index (χ3n) is 2.22. The van der Waals surface area contributed by atoms with Crippen molar-refractivity contribution in [1.82, 2.24) is 0 Å². The van der Waals surface area contributed by atoms with Crippen LogP contribution in [0.2, 0.25) is 0 Å².